The summed E-state index contributed by atoms with van der Waals surface area (Å²) in [6, 6.07) is 4.21. The number of alkyl halides is 3. The van der Waals surface area contributed by atoms with Crippen molar-refractivity contribution in [2.24, 2.45) is 0 Å². The van der Waals surface area contributed by atoms with Crippen LogP contribution in [0.5, 0.6) is 5.75 Å². The van der Waals surface area contributed by atoms with Crippen molar-refractivity contribution < 1.29 is 27.4 Å². The molecule has 0 spiro atoms. The van der Waals surface area contributed by atoms with E-state index in [1.54, 1.807) is 0 Å². The van der Waals surface area contributed by atoms with Gasteiger partial charge in [-0.2, -0.15) is 13.2 Å². The van der Waals surface area contributed by atoms with Crippen LogP contribution < -0.4 is 4.74 Å². The maximum Gasteiger partial charge on any atom is 0.417 e. The van der Waals surface area contributed by atoms with E-state index in [1.807, 2.05) is 0 Å². The van der Waals surface area contributed by atoms with Gasteiger partial charge in [0.25, 0.3) is 0 Å². The molecular weight excluding hydrogens is 252 g/mol. The third-order valence-electron chi connectivity index (χ3n) is 1.59. The Morgan fingerprint density at radius 1 is 1.50 bits per heavy atom. The lowest BCUT2D eigenvalue weighted by atomic mass is 10.3. The minimum Gasteiger partial charge on any atom is -0.487 e. The van der Waals surface area contributed by atoms with Crippen LogP contribution in [0.1, 0.15) is 0 Å². The van der Waals surface area contributed by atoms with Crippen LogP contribution in [0.15, 0.2) is 12.1 Å². The largest absolute Gasteiger partial charge is 0.487 e. The standard InChI is InChI=1S/C9H6ClF4O2/c10-5-1-2-7(6(11)3-5)16-4-8(15)9(12,13)14/h1,3,8,15H,4H2. The molecule has 0 saturated carbocycles. The molecule has 89 valence electrons. The molecule has 0 aliphatic heterocycles. The molecule has 1 atom stereocenters. The van der Waals surface area contributed by atoms with Gasteiger partial charge in [-0.3, -0.25) is 0 Å². The zero-order valence-corrected chi connectivity index (χ0v) is 8.44. The maximum atomic E-state index is 13.0. The molecule has 7 heteroatoms. The summed E-state index contributed by atoms with van der Waals surface area (Å²) in [6.07, 6.45) is -7.47. The van der Waals surface area contributed by atoms with E-state index in [-0.39, 0.29) is 5.02 Å². The Bertz CT molecular complexity index is 367. The monoisotopic (exact) mass is 257 g/mol. The van der Waals surface area contributed by atoms with Gasteiger partial charge in [0.2, 0.25) is 0 Å². The van der Waals surface area contributed by atoms with Gasteiger partial charge in [0.05, 0.1) is 0 Å². The van der Waals surface area contributed by atoms with Gasteiger partial charge in [-0.1, -0.05) is 11.6 Å². The van der Waals surface area contributed by atoms with E-state index < -0.39 is 30.5 Å². The third kappa shape index (κ3) is 3.53. The van der Waals surface area contributed by atoms with E-state index in [0.717, 1.165) is 12.1 Å². The third-order valence-corrected chi connectivity index (χ3v) is 1.80. The molecule has 1 aromatic rings. The Morgan fingerprint density at radius 3 is 2.62 bits per heavy atom. The second kappa shape index (κ2) is 4.88. The molecule has 0 amide bonds. The molecule has 0 aromatic heterocycles. The second-order valence-corrected chi connectivity index (χ2v) is 3.30. The predicted octanol–water partition coefficient (Wildman–Crippen LogP) is 2.58. The highest BCUT2D eigenvalue weighted by Crippen LogP contribution is 2.23. The van der Waals surface area contributed by atoms with E-state index in [1.165, 1.54) is 0 Å². The van der Waals surface area contributed by atoms with Gasteiger partial charge in [0.15, 0.2) is 17.7 Å². The summed E-state index contributed by atoms with van der Waals surface area (Å²) >= 11 is 5.40. The molecule has 0 fully saturated rings. The number of aliphatic hydroxyl groups excluding tert-OH is 1. The minimum absolute atomic E-state index is 0.0428. The molecule has 1 rings (SSSR count). The molecule has 0 saturated heterocycles. The van der Waals surface area contributed by atoms with Crippen molar-refractivity contribution in [1.29, 1.82) is 0 Å². The molecule has 1 unspecified atom stereocenters. The predicted molar refractivity (Wildman–Crippen MR) is 47.8 cm³/mol. The molecule has 0 aliphatic rings. The van der Waals surface area contributed by atoms with Gasteiger partial charge in [0.1, 0.15) is 6.61 Å². The molecule has 1 radical (unpaired) electrons. The highest BCUT2D eigenvalue weighted by Gasteiger charge is 2.38. The Kier molecular flexibility index (Phi) is 3.98. The van der Waals surface area contributed by atoms with E-state index in [2.05, 4.69) is 10.8 Å². The van der Waals surface area contributed by atoms with Gasteiger partial charge < -0.3 is 9.84 Å². The summed E-state index contributed by atoms with van der Waals surface area (Å²) in [5.74, 6) is -1.46. The molecular formula is C9H6ClF4O2. The fourth-order valence-electron chi connectivity index (χ4n) is 0.799. The fourth-order valence-corrected chi connectivity index (χ4v) is 0.949. The summed E-state index contributed by atoms with van der Waals surface area (Å²) < 4.78 is 53.0. The number of halogens is 5. The maximum absolute atomic E-state index is 13.0. The van der Waals surface area contributed by atoms with E-state index in [0.29, 0.717) is 0 Å². The summed E-state index contributed by atoms with van der Waals surface area (Å²) in [7, 11) is 0. The van der Waals surface area contributed by atoms with Gasteiger partial charge in [0, 0.05) is 11.1 Å². The van der Waals surface area contributed by atoms with Crippen LogP contribution in [0.3, 0.4) is 0 Å². The summed E-state index contributed by atoms with van der Waals surface area (Å²) in [5, 5.41) is 8.62. The van der Waals surface area contributed by atoms with Crippen molar-refractivity contribution in [3.8, 4) is 5.75 Å². The van der Waals surface area contributed by atoms with Crippen molar-refractivity contribution in [3.05, 3.63) is 29.0 Å². The van der Waals surface area contributed by atoms with Crippen LogP contribution in [0.4, 0.5) is 17.6 Å². The van der Waals surface area contributed by atoms with Crippen LogP contribution >= 0.6 is 11.6 Å². The number of aliphatic hydroxyl groups is 1. The van der Waals surface area contributed by atoms with Crippen LogP contribution in [-0.4, -0.2) is 24.0 Å². The minimum atomic E-state index is -4.80. The van der Waals surface area contributed by atoms with E-state index in [9.17, 15) is 17.6 Å². The van der Waals surface area contributed by atoms with Gasteiger partial charge >= 0.3 is 6.18 Å². The number of benzene rings is 1. The Morgan fingerprint density at radius 2 is 2.12 bits per heavy atom. The first-order chi connectivity index (χ1) is 7.30. The normalized spacial score (nSPS) is 13.6. The van der Waals surface area contributed by atoms with Gasteiger partial charge in [-0.05, 0) is 12.1 Å². The van der Waals surface area contributed by atoms with E-state index in [4.69, 9.17) is 16.7 Å². The zero-order valence-electron chi connectivity index (χ0n) is 7.68. The second-order valence-electron chi connectivity index (χ2n) is 2.86. The molecule has 16 heavy (non-hydrogen) atoms. The van der Waals surface area contributed by atoms with Gasteiger partial charge in [-0.25, -0.2) is 4.39 Å². The number of hydrogen-bond donors (Lipinski definition) is 1. The van der Waals surface area contributed by atoms with Crippen LogP contribution in [0, 0.1) is 11.9 Å². The zero-order chi connectivity index (χ0) is 12.3. The molecule has 0 bridgehead atoms. The summed E-state index contributed by atoms with van der Waals surface area (Å²) in [6.45, 7) is -1.10. The average molecular weight is 258 g/mol. The highest BCUT2D eigenvalue weighted by molar-refractivity contribution is 6.30. The van der Waals surface area contributed by atoms with Crippen LogP contribution in [0.2, 0.25) is 5.02 Å². The number of ether oxygens (including phenoxy) is 1. The molecule has 2 nitrogen and oxygen atoms in total. The van der Waals surface area contributed by atoms with Crippen LogP contribution in [0.25, 0.3) is 0 Å². The first-order valence-corrected chi connectivity index (χ1v) is 4.43. The highest BCUT2D eigenvalue weighted by atomic mass is 35.5. The Balaban J connectivity index is 2.62. The molecule has 1 aromatic carbocycles. The lowest BCUT2D eigenvalue weighted by Crippen LogP contribution is -2.34. The lowest BCUT2D eigenvalue weighted by molar-refractivity contribution is -0.210. The summed E-state index contributed by atoms with van der Waals surface area (Å²) in [5.41, 5.74) is 0. The SMILES string of the molecule is OC(COc1[c]cc(Cl)cc1F)C(F)(F)F. The lowest BCUT2D eigenvalue weighted by Gasteiger charge is -2.15. The first-order valence-electron chi connectivity index (χ1n) is 4.05. The topological polar surface area (TPSA) is 29.5 Å². The quantitative estimate of drug-likeness (QED) is 0.844. The molecule has 1 N–H and O–H groups in total. The first kappa shape index (κ1) is 13.1. The number of hydrogen-bond acceptors (Lipinski definition) is 2. The smallest absolute Gasteiger partial charge is 0.417 e. The Labute approximate surface area is 93.4 Å². The summed E-state index contributed by atoms with van der Waals surface area (Å²) in [4.78, 5) is 0. The van der Waals surface area contributed by atoms with Crippen molar-refractivity contribution >= 4 is 11.6 Å². The number of rotatable bonds is 3. The fraction of sp³-hybridized carbons (Fsp3) is 0.333. The molecule has 0 aliphatic carbocycles. The van der Waals surface area contributed by atoms with Crippen LogP contribution in [-0.2, 0) is 0 Å². The van der Waals surface area contributed by atoms with Crippen molar-refractivity contribution in [1.82, 2.24) is 0 Å². The van der Waals surface area contributed by atoms with Gasteiger partial charge in [-0.15, -0.1) is 0 Å². The van der Waals surface area contributed by atoms with Crippen molar-refractivity contribution in [2.45, 2.75) is 12.3 Å². The van der Waals surface area contributed by atoms with E-state index >= 15 is 0 Å². The van der Waals surface area contributed by atoms with Crippen molar-refractivity contribution in [2.75, 3.05) is 6.61 Å². The van der Waals surface area contributed by atoms with Crippen molar-refractivity contribution in [3.63, 3.8) is 0 Å². The average Bonchev–Trinajstić information content (AvgIpc) is 2.14. The molecule has 0 heterocycles. The Hall–Kier alpha value is -1.01.